The molecule has 0 N–H and O–H groups in total. The molecule has 80 valence electrons. The van der Waals surface area contributed by atoms with Crippen LogP contribution in [0.15, 0.2) is 12.1 Å². The molecule has 0 radical (unpaired) electrons. The summed E-state index contributed by atoms with van der Waals surface area (Å²) in [4.78, 5) is 10.8. The van der Waals surface area contributed by atoms with Crippen molar-refractivity contribution >= 4 is 73.6 Å². The van der Waals surface area contributed by atoms with Crippen LogP contribution in [-0.4, -0.2) is 11.9 Å². The molecule has 1 aliphatic rings. The van der Waals surface area contributed by atoms with Crippen molar-refractivity contribution in [2.24, 2.45) is 0 Å². The number of hydrogen-bond donors (Lipinski definition) is 0. The Hall–Kier alpha value is 0.880. The zero-order chi connectivity index (χ0) is 11.0. The second-order valence-electron chi connectivity index (χ2n) is 3.39. The first kappa shape index (κ1) is 12.3. The van der Waals surface area contributed by atoms with E-state index >= 15 is 0 Å². The standard InChI is InChI=1S/C10H7I3O2/c11-5-1-8(12)10(9(13)2-5)15-7-3-6(14)4-7/h1-2,7H,3-4H2. The van der Waals surface area contributed by atoms with Crippen molar-refractivity contribution in [3.8, 4) is 5.75 Å². The fourth-order valence-corrected chi connectivity index (χ4v) is 5.18. The summed E-state index contributed by atoms with van der Waals surface area (Å²) < 4.78 is 9.23. The van der Waals surface area contributed by atoms with Gasteiger partial charge in [-0.25, -0.2) is 0 Å². The lowest BCUT2D eigenvalue weighted by Crippen LogP contribution is -2.34. The van der Waals surface area contributed by atoms with Crippen molar-refractivity contribution in [1.29, 1.82) is 0 Å². The molecule has 0 heterocycles. The first-order valence-electron chi connectivity index (χ1n) is 4.39. The number of carbonyl (C=O) groups is 1. The summed E-state index contributed by atoms with van der Waals surface area (Å²) in [6, 6.07) is 4.16. The van der Waals surface area contributed by atoms with Crippen molar-refractivity contribution in [1.82, 2.24) is 0 Å². The molecule has 2 nitrogen and oxygen atoms in total. The third kappa shape index (κ3) is 2.96. The maximum Gasteiger partial charge on any atom is 0.146 e. The Kier molecular flexibility index (Phi) is 4.14. The van der Waals surface area contributed by atoms with Crippen LogP contribution in [0.5, 0.6) is 5.75 Å². The fraction of sp³-hybridized carbons (Fsp3) is 0.300. The average molecular weight is 540 g/mol. The van der Waals surface area contributed by atoms with Gasteiger partial charge in [-0.05, 0) is 79.9 Å². The Morgan fingerprint density at radius 1 is 1.13 bits per heavy atom. The Labute approximate surface area is 129 Å². The topological polar surface area (TPSA) is 26.3 Å². The van der Waals surface area contributed by atoms with E-state index < -0.39 is 0 Å². The molecule has 0 saturated heterocycles. The van der Waals surface area contributed by atoms with Gasteiger partial charge in [0.2, 0.25) is 0 Å². The lowest BCUT2D eigenvalue weighted by molar-refractivity contribution is -0.129. The number of ether oxygens (including phenoxy) is 1. The molecule has 15 heavy (non-hydrogen) atoms. The Balaban J connectivity index is 2.17. The fourth-order valence-electron chi connectivity index (χ4n) is 1.34. The van der Waals surface area contributed by atoms with Gasteiger partial charge in [0.25, 0.3) is 0 Å². The Morgan fingerprint density at radius 2 is 1.67 bits per heavy atom. The van der Waals surface area contributed by atoms with Crippen LogP contribution in [0.4, 0.5) is 0 Å². The van der Waals surface area contributed by atoms with Crippen LogP contribution in [0.3, 0.4) is 0 Å². The molecule has 5 heteroatoms. The smallest absolute Gasteiger partial charge is 0.146 e. The van der Waals surface area contributed by atoms with Gasteiger partial charge in [0, 0.05) is 16.4 Å². The highest BCUT2D eigenvalue weighted by Gasteiger charge is 2.29. The van der Waals surface area contributed by atoms with Crippen molar-refractivity contribution in [3.63, 3.8) is 0 Å². The van der Waals surface area contributed by atoms with Crippen molar-refractivity contribution in [2.75, 3.05) is 0 Å². The molecule has 2 rings (SSSR count). The van der Waals surface area contributed by atoms with Crippen LogP contribution in [-0.2, 0) is 4.79 Å². The molecule has 1 aromatic rings. The molecule has 0 unspecified atom stereocenters. The second kappa shape index (κ2) is 5.03. The average Bonchev–Trinajstić information content (AvgIpc) is 2.07. The van der Waals surface area contributed by atoms with Gasteiger partial charge in [-0.3, -0.25) is 4.79 Å². The van der Waals surface area contributed by atoms with Gasteiger partial charge in [-0.2, -0.15) is 0 Å². The first-order valence-corrected chi connectivity index (χ1v) is 7.63. The number of rotatable bonds is 2. The summed E-state index contributed by atoms with van der Waals surface area (Å²) >= 11 is 6.83. The molecule has 1 aromatic carbocycles. The van der Waals surface area contributed by atoms with Crippen LogP contribution < -0.4 is 4.74 Å². The molecule has 0 atom stereocenters. The van der Waals surface area contributed by atoms with E-state index in [1.807, 2.05) is 0 Å². The zero-order valence-electron chi connectivity index (χ0n) is 7.60. The zero-order valence-corrected chi connectivity index (χ0v) is 14.1. The maximum absolute atomic E-state index is 10.8. The quantitative estimate of drug-likeness (QED) is 0.537. The van der Waals surface area contributed by atoms with Gasteiger partial charge < -0.3 is 4.74 Å². The van der Waals surface area contributed by atoms with Gasteiger partial charge in [0.1, 0.15) is 17.6 Å². The predicted octanol–water partition coefficient (Wildman–Crippen LogP) is 3.61. The van der Waals surface area contributed by atoms with E-state index in [1.165, 1.54) is 3.57 Å². The van der Waals surface area contributed by atoms with Crippen LogP contribution in [0, 0.1) is 10.7 Å². The summed E-state index contributed by atoms with van der Waals surface area (Å²) in [6.07, 6.45) is 1.23. The van der Waals surface area contributed by atoms with Crippen LogP contribution in [0.2, 0.25) is 0 Å². The number of ketones is 1. The third-order valence-electron chi connectivity index (χ3n) is 2.16. The lowest BCUT2D eigenvalue weighted by Gasteiger charge is -2.26. The molecular formula is C10H7I3O2. The lowest BCUT2D eigenvalue weighted by atomic mass is 9.94. The molecule has 1 aliphatic carbocycles. The van der Waals surface area contributed by atoms with Crippen LogP contribution in [0.1, 0.15) is 12.8 Å². The van der Waals surface area contributed by atoms with E-state index in [1.54, 1.807) is 0 Å². The molecular weight excluding hydrogens is 533 g/mol. The van der Waals surface area contributed by atoms with Crippen LogP contribution in [0.25, 0.3) is 0 Å². The third-order valence-corrected chi connectivity index (χ3v) is 4.38. The van der Waals surface area contributed by atoms with Crippen molar-refractivity contribution in [3.05, 3.63) is 22.8 Å². The summed E-state index contributed by atoms with van der Waals surface area (Å²) in [6.45, 7) is 0. The molecule has 0 aromatic heterocycles. The Bertz CT molecular complexity index is 386. The highest BCUT2D eigenvalue weighted by Crippen LogP contribution is 2.32. The van der Waals surface area contributed by atoms with E-state index in [4.69, 9.17) is 4.74 Å². The van der Waals surface area contributed by atoms with E-state index in [-0.39, 0.29) is 6.10 Å². The van der Waals surface area contributed by atoms with E-state index in [0.29, 0.717) is 18.6 Å². The van der Waals surface area contributed by atoms with Crippen molar-refractivity contribution < 1.29 is 9.53 Å². The number of benzene rings is 1. The highest BCUT2D eigenvalue weighted by molar-refractivity contribution is 14.1. The van der Waals surface area contributed by atoms with Crippen LogP contribution >= 0.6 is 67.8 Å². The van der Waals surface area contributed by atoms with Crippen molar-refractivity contribution in [2.45, 2.75) is 18.9 Å². The van der Waals surface area contributed by atoms with E-state index in [2.05, 4.69) is 79.9 Å². The molecule has 0 spiro atoms. The van der Waals surface area contributed by atoms with Gasteiger partial charge in [0.05, 0.1) is 7.14 Å². The van der Waals surface area contributed by atoms with E-state index in [0.717, 1.165) is 12.9 Å². The van der Waals surface area contributed by atoms with Gasteiger partial charge in [-0.1, -0.05) is 0 Å². The first-order chi connectivity index (χ1) is 7.06. The molecule has 0 bridgehead atoms. The summed E-state index contributed by atoms with van der Waals surface area (Å²) in [5, 5.41) is 0. The minimum atomic E-state index is 0.0968. The number of halogens is 3. The summed E-state index contributed by atoms with van der Waals surface area (Å²) in [5.41, 5.74) is 0. The Morgan fingerprint density at radius 3 is 2.13 bits per heavy atom. The number of hydrogen-bond acceptors (Lipinski definition) is 2. The minimum absolute atomic E-state index is 0.0968. The summed E-state index contributed by atoms with van der Waals surface area (Å²) in [7, 11) is 0. The predicted molar refractivity (Wildman–Crippen MR) is 83.3 cm³/mol. The van der Waals surface area contributed by atoms with E-state index in [9.17, 15) is 4.79 Å². The minimum Gasteiger partial charge on any atom is -0.487 e. The monoisotopic (exact) mass is 540 g/mol. The maximum atomic E-state index is 10.8. The SMILES string of the molecule is O=C1CC(Oc2c(I)cc(I)cc2I)C1. The molecule has 1 fully saturated rings. The molecule has 0 aliphatic heterocycles. The number of carbonyl (C=O) groups excluding carboxylic acids is 1. The molecule has 1 saturated carbocycles. The van der Waals surface area contributed by atoms with Gasteiger partial charge in [-0.15, -0.1) is 0 Å². The largest absolute Gasteiger partial charge is 0.487 e. The summed E-state index contributed by atoms with van der Waals surface area (Å²) in [5.74, 6) is 1.23. The highest BCUT2D eigenvalue weighted by atomic mass is 127. The number of Topliss-reactive ketones (excluding diaryl/α,β-unsaturated/α-hetero) is 1. The second-order valence-corrected chi connectivity index (χ2v) is 6.96. The van der Waals surface area contributed by atoms with Gasteiger partial charge >= 0.3 is 0 Å². The van der Waals surface area contributed by atoms with Gasteiger partial charge in [0.15, 0.2) is 0 Å². The normalized spacial score (nSPS) is 16.3. The molecule has 0 amide bonds.